The molecule has 70 valence electrons. The van der Waals surface area contributed by atoms with Crippen molar-refractivity contribution in [2.75, 3.05) is 46.8 Å². The van der Waals surface area contributed by atoms with E-state index in [1.165, 1.54) is 0 Å². The lowest BCUT2D eigenvalue weighted by molar-refractivity contribution is 0.0185. The second-order valence-electron chi connectivity index (χ2n) is 2.09. The standard InChI is InChI=1S/C7H15BO4/c1-9-2-3-10-4-5-11-6-7-12-8/h2-7H2,1H3. The van der Waals surface area contributed by atoms with Crippen molar-refractivity contribution < 1.29 is 18.9 Å². The van der Waals surface area contributed by atoms with E-state index in [0.29, 0.717) is 39.6 Å². The molecule has 2 radical (unpaired) electrons. The molecule has 0 rings (SSSR count). The third-order valence-corrected chi connectivity index (χ3v) is 1.15. The molecule has 0 bridgehead atoms. The number of hydrogen-bond acceptors (Lipinski definition) is 4. The summed E-state index contributed by atoms with van der Waals surface area (Å²) in [5.74, 6) is 0. The largest absolute Gasteiger partial charge is 0.445 e. The van der Waals surface area contributed by atoms with Crippen LogP contribution in [0, 0.1) is 0 Å². The Labute approximate surface area is 74.6 Å². The number of ether oxygens (including phenoxy) is 3. The second kappa shape index (κ2) is 10.9. The van der Waals surface area contributed by atoms with Crippen molar-refractivity contribution in [3.8, 4) is 0 Å². The summed E-state index contributed by atoms with van der Waals surface area (Å²) in [5, 5.41) is 0. The lowest BCUT2D eigenvalue weighted by Gasteiger charge is -2.04. The minimum Gasteiger partial charge on any atom is -0.445 e. The zero-order valence-electron chi connectivity index (χ0n) is 7.45. The molecule has 0 aromatic rings. The minimum absolute atomic E-state index is 0.415. The maximum absolute atomic E-state index is 5.13. The fourth-order valence-electron chi connectivity index (χ4n) is 0.571. The number of hydrogen-bond donors (Lipinski definition) is 0. The van der Waals surface area contributed by atoms with Gasteiger partial charge in [0.2, 0.25) is 0 Å². The SMILES string of the molecule is [B]OCCOCCOCCOC. The average Bonchev–Trinajstić information content (AvgIpc) is 2.10. The van der Waals surface area contributed by atoms with Crippen molar-refractivity contribution in [1.82, 2.24) is 0 Å². The van der Waals surface area contributed by atoms with Crippen LogP contribution in [0.15, 0.2) is 0 Å². The van der Waals surface area contributed by atoms with Crippen molar-refractivity contribution in [2.45, 2.75) is 0 Å². The van der Waals surface area contributed by atoms with Crippen LogP contribution in [0.5, 0.6) is 0 Å². The molecule has 0 aliphatic carbocycles. The van der Waals surface area contributed by atoms with Crippen LogP contribution in [-0.2, 0) is 18.9 Å². The lowest BCUT2D eigenvalue weighted by atomic mass is 10.6. The Morgan fingerprint density at radius 3 is 1.83 bits per heavy atom. The Morgan fingerprint density at radius 2 is 1.33 bits per heavy atom. The maximum Gasteiger partial charge on any atom is 0.282 e. The van der Waals surface area contributed by atoms with Gasteiger partial charge in [-0.15, -0.1) is 0 Å². The Morgan fingerprint density at radius 1 is 0.833 bits per heavy atom. The molecule has 0 fully saturated rings. The van der Waals surface area contributed by atoms with Crippen molar-refractivity contribution in [2.24, 2.45) is 0 Å². The van der Waals surface area contributed by atoms with Crippen molar-refractivity contribution in [3.63, 3.8) is 0 Å². The Bertz CT molecular complexity index is 71.8. The van der Waals surface area contributed by atoms with Crippen LogP contribution in [0.25, 0.3) is 0 Å². The van der Waals surface area contributed by atoms with E-state index < -0.39 is 0 Å². The molecule has 0 amide bonds. The van der Waals surface area contributed by atoms with Gasteiger partial charge in [-0.1, -0.05) is 0 Å². The van der Waals surface area contributed by atoms with E-state index in [0.717, 1.165) is 0 Å². The molecule has 0 aliphatic rings. The van der Waals surface area contributed by atoms with E-state index in [9.17, 15) is 0 Å². The zero-order valence-corrected chi connectivity index (χ0v) is 7.45. The molecule has 0 aromatic heterocycles. The van der Waals surface area contributed by atoms with E-state index in [2.05, 4.69) is 4.65 Å². The summed E-state index contributed by atoms with van der Waals surface area (Å²) in [6.45, 7) is 3.28. The van der Waals surface area contributed by atoms with Crippen LogP contribution in [0.1, 0.15) is 0 Å². The quantitative estimate of drug-likeness (QED) is 0.357. The maximum atomic E-state index is 5.13. The highest BCUT2D eigenvalue weighted by Crippen LogP contribution is 1.79. The van der Waals surface area contributed by atoms with Crippen LogP contribution in [0.4, 0.5) is 0 Å². The molecule has 0 saturated heterocycles. The van der Waals surface area contributed by atoms with Crippen LogP contribution >= 0.6 is 0 Å². The molecule has 0 N–H and O–H groups in total. The number of rotatable bonds is 9. The molecule has 0 aliphatic heterocycles. The molecule has 12 heavy (non-hydrogen) atoms. The van der Waals surface area contributed by atoms with Gasteiger partial charge in [0.25, 0.3) is 8.05 Å². The van der Waals surface area contributed by atoms with Crippen molar-refractivity contribution >= 4 is 8.05 Å². The van der Waals surface area contributed by atoms with Crippen LogP contribution in [0.3, 0.4) is 0 Å². The third kappa shape index (κ3) is 9.90. The second-order valence-corrected chi connectivity index (χ2v) is 2.09. The molecular formula is C7H15BO4. The van der Waals surface area contributed by atoms with E-state index >= 15 is 0 Å². The first-order chi connectivity index (χ1) is 5.91. The Hall–Kier alpha value is -0.0951. The molecule has 0 aromatic carbocycles. The molecule has 4 nitrogen and oxygen atoms in total. The third-order valence-electron chi connectivity index (χ3n) is 1.15. The summed E-state index contributed by atoms with van der Waals surface area (Å²) in [5.41, 5.74) is 0. The molecular weight excluding hydrogens is 159 g/mol. The molecule has 5 heteroatoms. The highest BCUT2D eigenvalue weighted by molar-refractivity contribution is 5.97. The highest BCUT2D eigenvalue weighted by atomic mass is 16.5. The fourth-order valence-corrected chi connectivity index (χ4v) is 0.571. The summed E-state index contributed by atoms with van der Waals surface area (Å²) >= 11 is 0. The lowest BCUT2D eigenvalue weighted by Crippen LogP contribution is -2.10. The number of methoxy groups -OCH3 is 1. The van der Waals surface area contributed by atoms with Gasteiger partial charge in [0.1, 0.15) is 0 Å². The zero-order chi connectivity index (χ0) is 9.07. The molecule has 0 unspecified atom stereocenters. The first kappa shape index (κ1) is 11.9. The monoisotopic (exact) mass is 174 g/mol. The molecule has 0 atom stereocenters. The summed E-state index contributed by atoms with van der Waals surface area (Å²) in [4.78, 5) is 0. The minimum atomic E-state index is 0.415. The Kier molecular flexibility index (Phi) is 10.8. The predicted molar refractivity (Wildman–Crippen MR) is 45.2 cm³/mol. The first-order valence-corrected chi connectivity index (χ1v) is 3.88. The van der Waals surface area contributed by atoms with Gasteiger partial charge in [0.05, 0.1) is 39.6 Å². The summed E-state index contributed by atoms with van der Waals surface area (Å²) in [6.07, 6.45) is 0. The van der Waals surface area contributed by atoms with Gasteiger partial charge in [0, 0.05) is 7.11 Å². The van der Waals surface area contributed by atoms with Gasteiger partial charge in [0.15, 0.2) is 0 Å². The van der Waals surface area contributed by atoms with Gasteiger partial charge in [-0.2, -0.15) is 0 Å². The van der Waals surface area contributed by atoms with E-state index in [4.69, 9.17) is 22.3 Å². The molecule has 0 spiro atoms. The smallest absolute Gasteiger partial charge is 0.282 e. The van der Waals surface area contributed by atoms with E-state index in [-0.39, 0.29) is 0 Å². The Balaban J connectivity index is 2.73. The highest BCUT2D eigenvalue weighted by Gasteiger charge is 1.88. The van der Waals surface area contributed by atoms with Crippen molar-refractivity contribution in [3.05, 3.63) is 0 Å². The topological polar surface area (TPSA) is 36.9 Å². The average molecular weight is 174 g/mol. The normalized spacial score (nSPS) is 10.4. The van der Waals surface area contributed by atoms with Crippen LogP contribution < -0.4 is 0 Å². The molecule has 0 heterocycles. The van der Waals surface area contributed by atoms with Crippen LogP contribution in [0.2, 0.25) is 0 Å². The summed E-state index contributed by atoms with van der Waals surface area (Å²) < 4.78 is 19.3. The fraction of sp³-hybridized carbons (Fsp3) is 1.00. The van der Waals surface area contributed by atoms with Gasteiger partial charge in [-0.3, -0.25) is 0 Å². The van der Waals surface area contributed by atoms with Crippen molar-refractivity contribution in [1.29, 1.82) is 0 Å². The van der Waals surface area contributed by atoms with Gasteiger partial charge >= 0.3 is 0 Å². The van der Waals surface area contributed by atoms with E-state index in [1.807, 2.05) is 0 Å². The molecule has 0 saturated carbocycles. The van der Waals surface area contributed by atoms with Crippen LogP contribution in [-0.4, -0.2) is 54.8 Å². The first-order valence-electron chi connectivity index (χ1n) is 3.88. The van der Waals surface area contributed by atoms with Gasteiger partial charge < -0.3 is 18.9 Å². The van der Waals surface area contributed by atoms with E-state index in [1.54, 1.807) is 7.11 Å². The summed E-state index contributed by atoms with van der Waals surface area (Å²) in [6, 6.07) is 0. The summed E-state index contributed by atoms with van der Waals surface area (Å²) in [7, 11) is 6.42. The van der Waals surface area contributed by atoms with Gasteiger partial charge in [-0.25, -0.2) is 0 Å². The predicted octanol–water partition coefficient (Wildman–Crippen LogP) is -0.234. The van der Waals surface area contributed by atoms with Gasteiger partial charge in [-0.05, 0) is 0 Å².